The molecule has 0 aromatic carbocycles. The normalized spacial score (nSPS) is 36.7. The Labute approximate surface area is 80.7 Å². The minimum atomic E-state index is -2.59. The lowest BCUT2D eigenvalue weighted by atomic mass is 9.99. The van der Waals surface area contributed by atoms with Crippen molar-refractivity contribution in [3.63, 3.8) is 0 Å². The lowest BCUT2D eigenvalue weighted by Crippen LogP contribution is -2.48. The monoisotopic (exact) mass is 205 g/mol. The fourth-order valence-electron chi connectivity index (χ4n) is 2.50. The van der Waals surface area contributed by atoms with Gasteiger partial charge in [0.1, 0.15) is 6.04 Å². The molecule has 2 rings (SSSR count). The zero-order chi connectivity index (χ0) is 10.3. The first-order chi connectivity index (χ1) is 6.49. The number of hydrogen-bond donors (Lipinski definition) is 1. The molecule has 0 radical (unpaired) electrons. The standard InChI is InChI=1S/C9H13F2NO2/c10-9(11)3-4-12-6(5-9)1-2-7(12)8(13)14/h6-7H,1-5H2,(H,13,14)/t6-,7-/m0/s1. The number of alkyl halides is 2. The molecule has 2 aliphatic rings. The molecule has 0 aromatic rings. The van der Waals surface area contributed by atoms with E-state index in [2.05, 4.69) is 0 Å². The number of piperidine rings is 1. The van der Waals surface area contributed by atoms with E-state index >= 15 is 0 Å². The molecule has 3 nitrogen and oxygen atoms in total. The van der Waals surface area contributed by atoms with Gasteiger partial charge in [-0.25, -0.2) is 8.78 Å². The van der Waals surface area contributed by atoms with Crippen LogP contribution in [0, 0.1) is 0 Å². The van der Waals surface area contributed by atoms with E-state index in [1.54, 1.807) is 4.90 Å². The Hall–Kier alpha value is -0.710. The maximum Gasteiger partial charge on any atom is 0.320 e. The van der Waals surface area contributed by atoms with Crippen molar-refractivity contribution in [1.82, 2.24) is 4.90 Å². The predicted molar refractivity (Wildman–Crippen MR) is 45.3 cm³/mol. The molecule has 80 valence electrons. The zero-order valence-corrected chi connectivity index (χ0v) is 7.75. The van der Waals surface area contributed by atoms with E-state index in [0.717, 1.165) is 0 Å². The largest absolute Gasteiger partial charge is 0.480 e. The molecule has 14 heavy (non-hydrogen) atoms. The maximum absolute atomic E-state index is 13.0. The average Bonchev–Trinajstić information content (AvgIpc) is 2.44. The lowest BCUT2D eigenvalue weighted by Gasteiger charge is -2.36. The third kappa shape index (κ3) is 1.61. The molecule has 0 spiro atoms. The zero-order valence-electron chi connectivity index (χ0n) is 7.75. The second-order valence-corrected chi connectivity index (χ2v) is 4.13. The van der Waals surface area contributed by atoms with E-state index < -0.39 is 17.9 Å². The van der Waals surface area contributed by atoms with Crippen LogP contribution in [0.2, 0.25) is 0 Å². The first kappa shape index (κ1) is 9.83. The summed E-state index contributed by atoms with van der Waals surface area (Å²) in [4.78, 5) is 12.5. The summed E-state index contributed by atoms with van der Waals surface area (Å²) in [7, 11) is 0. The third-order valence-electron chi connectivity index (χ3n) is 3.20. The van der Waals surface area contributed by atoms with E-state index in [1.807, 2.05) is 0 Å². The molecule has 0 aliphatic carbocycles. The molecule has 2 saturated heterocycles. The van der Waals surface area contributed by atoms with Crippen LogP contribution in [0.15, 0.2) is 0 Å². The highest BCUT2D eigenvalue weighted by Crippen LogP contribution is 2.38. The molecule has 2 aliphatic heterocycles. The van der Waals surface area contributed by atoms with Gasteiger partial charge in [0, 0.05) is 25.4 Å². The quantitative estimate of drug-likeness (QED) is 0.702. The van der Waals surface area contributed by atoms with Gasteiger partial charge in [-0.2, -0.15) is 0 Å². The van der Waals surface area contributed by atoms with Crippen molar-refractivity contribution in [3.8, 4) is 0 Å². The van der Waals surface area contributed by atoms with Crippen LogP contribution in [0.25, 0.3) is 0 Å². The highest BCUT2D eigenvalue weighted by Gasteiger charge is 2.47. The molecule has 0 bridgehead atoms. The molecular formula is C9H13F2NO2. The van der Waals surface area contributed by atoms with Crippen LogP contribution in [0.3, 0.4) is 0 Å². The molecule has 0 amide bonds. The fourth-order valence-corrected chi connectivity index (χ4v) is 2.50. The molecule has 0 unspecified atom stereocenters. The molecular weight excluding hydrogens is 192 g/mol. The smallest absolute Gasteiger partial charge is 0.320 e. The summed E-state index contributed by atoms with van der Waals surface area (Å²) in [6.45, 7) is 0.217. The topological polar surface area (TPSA) is 40.5 Å². The molecule has 1 N–H and O–H groups in total. The summed E-state index contributed by atoms with van der Waals surface area (Å²) in [5.74, 6) is -3.47. The van der Waals surface area contributed by atoms with Crippen molar-refractivity contribution < 1.29 is 18.7 Å². The van der Waals surface area contributed by atoms with Crippen LogP contribution in [0.4, 0.5) is 8.78 Å². The minimum absolute atomic E-state index is 0.170. The van der Waals surface area contributed by atoms with Gasteiger partial charge in [0.25, 0.3) is 5.92 Å². The molecule has 2 fully saturated rings. The summed E-state index contributed by atoms with van der Waals surface area (Å²) in [5.41, 5.74) is 0. The molecule has 0 saturated carbocycles. The van der Waals surface area contributed by atoms with Crippen LogP contribution in [-0.2, 0) is 4.79 Å². The van der Waals surface area contributed by atoms with E-state index in [4.69, 9.17) is 5.11 Å². The lowest BCUT2D eigenvalue weighted by molar-refractivity contribution is -0.145. The maximum atomic E-state index is 13.0. The van der Waals surface area contributed by atoms with Gasteiger partial charge in [0.05, 0.1) is 0 Å². The Morgan fingerprint density at radius 1 is 1.43 bits per heavy atom. The van der Waals surface area contributed by atoms with Crippen LogP contribution >= 0.6 is 0 Å². The Kier molecular flexibility index (Phi) is 2.21. The van der Waals surface area contributed by atoms with E-state index in [1.165, 1.54) is 0 Å². The van der Waals surface area contributed by atoms with Crippen molar-refractivity contribution >= 4 is 5.97 Å². The molecule has 2 atom stereocenters. The highest BCUT2D eigenvalue weighted by molar-refractivity contribution is 5.74. The molecule has 5 heteroatoms. The van der Waals surface area contributed by atoms with Crippen molar-refractivity contribution in [2.75, 3.05) is 6.54 Å². The van der Waals surface area contributed by atoms with Crippen molar-refractivity contribution in [2.45, 2.75) is 43.7 Å². The van der Waals surface area contributed by atoms with Gasteiger partial charge in [0.2, 0.25) is 0 Å². The second-order valence-electron chi connectivity index (χ2n) is 4.13. The summed E-state index contributed by atoms with van der Waals surface area (Å²) in [6.07, 6.45) is 0.729. The van der Waals surface area contributed by atoms with E-state index in [0.29, 0.717) is 12.8 Å². The number of aliphatic carboxylic acids is 1. The summed E-state index contributed by atoms with van der Waals surface area (Å²) < 4.78 is 26.0. The summed E-state index contributed by atoms with van der Waals surface area (Å²) in [6, 6.07) is -0.754. The molecule has 0 aromatic heterocycles. The number of carbonyl (C=O) groups is 1. The van der Waals surface area contributed by atoms with Gasteiger partial charge >= 0.3 is 5.97 Å². The second kappa shape index (κ2) is 3.15. The van der Waals surface area contributed by atoms with Crippen LogP contribution in [0.5, 0.6) is 0 Å². The molecule has 2 heterocycles. The van der Waals surface area contributed by atoms with Crippen LogP contribution in [0.1, 0.15) is 25.7 Å². The number of nitrogens with zero attached hydrogens (tertiary/aromatic N) is 1. The van der Waals surface area contributed by atoms with Crippen LogP contribution in [-0.4, -0.2) is 40.5 Å². The SMILES string of the molecule is O=C(O)[C@@H]1CC[C@H]2CC(F)(F)CCN21. The average molecular weight is 205 g/mol. The first-order valence-electron chi connectivity index (χ1n) is 4.86. The van der Waals surface area contributed by atoms with Crippen molar-refractivity contribution in [2.24, 2.45) is 0 Å². The fraction of sp³-hybridized carbons (Fsp3) is 0.889. The number of carboxylic acids is 1. The number of carboxylic acid groups (broad SMARTS) is 1. The summed E-state index contributed by atoms with van der Waals surface area (Å²) >= 11 is 0. The highest BCUT2D eigenvalue weighted by atomic mass is 19.3. The Balaban J connectivity index is 2.07. The Morgan fingerprint density at radius 2 is 2.14 bits per heavy atom. The minimum Gasteiger partial charge on any atom is -0.480 e. The first-order valence-corrected chi connectivity index (χ1v) is 4.86. The van der Waals surface area contributed by atoms with E-state index in [9.17, 15) is 13.6 Å². The van der Waals surface area contributed by atoms with Crippen LogP contribution < -0.4 is 0 Å². The number of halogens is 2. The van der Waals surface area contributed by atoms with Gasteiger partial charge in [0.15, 0.2) is 0 Å². The predicted octanol–water partition coefficient (Wildman–Crippen LogP) is 1.33. The Bertz CT molecular complexity index is 257. The van der Waals surface area contributed by atoms with Gasteiger partial charge in [-0.05, 0) is 12.8 Å². The van der Waals surface area contributed by atoms with Gasteiger partial charge in [-0.15, -0.1) is 0 Å². The third-order valence-corrected chi connectivity index (χ3v) is 3.20. The summed E-state index contributed by atoms with van der Waals surface area (Å²) in [5, 5.41) is 8.85. The number of hydrogen-bond acceptors (Lipinski definition) is 2. The van der Waals surface area contributed by atoms with Crippen molar-refractivity contribution in [3.05, 3.63) is 0 Å². The van der Waals surface area contributed by atoms with Gasteiger partial charge in [-0.3, -0.25) is 9.69 Å². The van der Waals surface area contributed by atoms with Crippen molar-refractivity contribution in [1.29, 1.82) is 0 Å². The number of rotatable bonds is 1. The van der Waals surface area contributed by atoms with Gasteiger partial charge < -0.3 is 5.11 Å². The Morgan fingerprint density at radius 3 is 2.79 bits per heavy atom. The number of fused-ring (bicyclic) bond motifs is 1. The van der Waals surface area contributed by atoms with E-state index in [-0.39, 0.29) is 25.4 Å². The van der Waals surface area contributed by atoms with Gasteiger partial charge in [-0.1, -0.05) is 0 Å².